The Labute approximate surface area is 143 Å². The number of benzene rings is 2. The quantitative estimate of drug-likeness (QED) is 0.801. The summed E-state index contributed by atoms with van der Waals surface area (Å²) in [5.74, 6) is 0. The fourth-order valence-electron chi connectivity index (χ4n) is 3.54. The Morgan fingerprint density at radius 2 is 1.71 bits per heavy atom. The molecule has 2 aromatic carbocycles. The predicted octanol–water partition coefficient (Wildman–Crippen LogP) is 3.54. The Hall–Kier alpha value is -2.23. The van der Waals surface area contributed by atoms with Crippen LogP contribution in [0, 0.1) is 6.92 Å². The Kier molecular flexibility index (Phi) is 4.28. The first-order chi connectivity index (χ1) is 11.8. The van der Waals surface area contributed by atoms with Gasteiger partial charge in [0.15, 0.2) is 0 Å². The van der Waals surface area contributed by atoms with Gasteiger partial charge >= 0.3 is 0 Å². The van der Waals surface area contributed by atoms with Gasteiger partial charge < -0.3 is 5.32 Å². The Balaban J connectivity index is 1.79. The van der Waals surface area contributed by atoms with Gasteiger partial charge in [-0.2, -0.15) is 0 Å². The van der Waals surface area contributed by atoms with Gasteiger partial charge in [-0.15, -0.1) is 0 Å². The van der Waals surface area contributed by atoms with Crippen LogP contribution in [0.1, 0.15) is 22.7 Å². The zero-order chi connectivity index (χ0) is 16.4. The third kappa shape index (κ3) is 3.05. The van der Waals surface area contributed by atoms with Crippen molar-refractivity contribution in [3.05, 3.63) is 77.5 Å². The molecule has 3 aromatic rings. The van der Waals surface area contributed by atoms with Gasteiger partial charge in [0.05, 0.1) is 11.6 Å². The van der Waals surface area contributed by atoms with E-state index in [2.05, 4.69) is 71.9 Å². The maximum absolute atomic E-state index is 4.70. The second-order valence-corrected chi connectivity index (χ2v) is 6.56. The first-order valence-corrected chi connectivity index (χ1v) is 8.67. The van der Waals surface area contributed by atoms with Crippen LogP contribution >= 0.6 is 0 Å². The number of hydrogen-bond donors (Lipinski definition) is 1. The minimum Gasteiger partial charge on any atom is -0.314 e. The van der Waals surface area contributed by atoms with Crippen molar-refractivity contribution in [2.24, 2.45) is 0 Å². The van der Waals surface area contributed by atoms with E-state index in [-0.39, 0.29) is 6.04 Å². The lowest BCUT2D eigenvalue weighted by Crippen LogP contribution is -2.45. The summed E-state index contributed by atoms with van der Waals surface area (Å²) >= 11 is 0. The molecule has 3 heteroatoms. The number of fused-ring (bicyclic) bond motifs is 1. The van der Waals surface area contributed by atoms with Crippen LogP contribution in [0.25, 0.3) is 10.9 Å². The second-order valence-electron chi connectivity index (χ2n) is 6.56. The van der Waals surface area contributed by atoms with Crippen LogP contribution in [0.15, 0.2) is 60.8 Å². The molecule has 1 atom stereocenters. The average molecular weight is 317 g/mol. The molecule has 4 rings (SSSR count). The Bertz CT molecular complexity index is 820. The molecule has 3 nitrogen and oxygen atoms in total. The van der Waals surface area contributed by atoms with E-state index in [1.54, 1.807) is 0 Å². The molecule has 1 aliphatic heterocycles. The number of aryl methyl sites for hydroxylation is 1. The van der Waals surface area contributed by atoms with Crippen molar-refractivity contribution in [1.82, 2.24) is 15.2 Å². The maximum atomic E-state index is 4.70. The number of hydrogen-bond acceptors (Lipinski definition) is 3. The largest absolute Gasteiger partial charge is 0.314 e. The van der Waals surface area contributed by atoms with Crippen LogP contribution in [0.4, 0.5) is 0 Å². The normalized spacial score (nSPS) is 17.0. The van der Waals surface area contributed by atoms with E-state index in [1.165, 1.54) is 22.1 Å². The van der Waals surface area contributed by atoms with E-state index >= 15 is 0 Å². The number of nitrogens with zero attached hydrogens (tertiary/aromatic N) is 2. The molecule has 1 fully saturated rings. The molecule has 0 radical (unpaired) electrons. The van der Waals surface area contributed by atoms with Gasteiger partial charge in [-0.05, 0) is 30.2 Å². The minimum absolute atomic E-state index is 0.268. The number of nitrogens with one attached hydrogen (secondary N) is 1. The average Bonchev–Trinajstić information content (AvgIpc) is 2.64. The molecule has 0 amide bonds. The van der Waals surface area contributed by atoms with Gasteiger partial charge in [-0.25, -0.2) is 0 Å². The molecule has 1 unspecified atom stereocenters. The van der Waals surface area contributed by atoms with E-state index < -0.39 is 0 Å². The molecule has 0 saturated carbocycles. The molecule has 0 aliphatic carbocycles. The molecule has 1 saturated heterocycles. The molecule has 0 bridgehead atoms. The fraction of sp³-hybridized carbons (Fsp3) is 0.286. The highest BCUT2D eigenvalue weighted by atomic mass is 15.2. The van der Waals surface area contributed by atoms with Crippen molar-refractivity contribution in [3.63, 3.8) is 0 Å². The van der Waals surface area contributed by atoms with Crippen LogP contribution in [-0.4, -0.2) is 36.1 Å². The molecule has 2 heterocycles. The van der Waals surface area contributed by atoms with Crippen molar-refractivity contribution < 1.29 is 0 Å². The van der Waals surface area contributed by atoms with Crippen molar-refractivity contribution >= 4 is 10.9 Å². The summed E-state index contributed by atoms with van der Waals surface area (Å²) in [7, 11) is 0. The van der Waals surface area contributed by atoms with Gasteiger partial charge in [0.1, 0.15) is 0 Å². The summed E-state index contributed by atoms with van der Waals surface area (Å²) in [4.78, 5) is 7.26. The minimum atomic E-state index is 0.268. The lowest BCUT2D eigenvalue weighted by Gasteiger charge is -2.35. The maximum Gasteiger partial charge on any atom is 0.0702 e. The van der Waals surface area contributed by atoms with Crippen molar-refractivity contribution in [3.8, 4) is 0 Å². The second kappa shape index (κ2) is 6.71. The molecule has 1 N–H and O–H groups in total. The number of para-hydroxylation sites is 1. The van der Waals surface area contributed by atoms with Crippen LogP contribution < -0.4 is 5.32 Å². The zero-order valence-electron chi connectivity index (χ0n) is 14.1. The van der Waals surface area contributed by atoms with Gasteiger partial charge in [0.25, 0.3) is 0 Å². The van der Waals surface area contributed by atoms with Gasteiger partial charge in [0.2, 0.25) is 0 Å². The molecular formula is C21H23N3. The van der Waals surface area contributed by atoms with Crippen LogP contribution in [0.2, 0.25) is 0 Å². The van der Waals surface area contributed by atoms with Gasteiger partial charge in [-0.3, -0.25) is 9.88 Å². The van der Waals surface area contributed by atoms with Crippen molar-refractivity contribution in [2.75, 3.05) is 26.2 Å². The fourth-order valence-corrected chi connectivity index (χ4v) is 3.54. The van der Waals surface area contributed by atoms with E-state index in [0.29, 0.717) is 0 Å². The van der Waals surface area contributed by atoms with E-state index in [4.69, 9.17) is 4.98 Å². The highest BCUT2D eigenvalue weighted by Gasteiger charge is 2.24. The summed E-state index contributed by atoms with van der Waals surface area (Å²) in [6, 6.07) is 19.9. The molecule has 24 heavy (non-hydrogen) atoms. The first-order valence-electron chi connectivity index (χ1n) is 8.67. The SMILES string of the molecule is Cc1ccc(C(c2cnc3ccccc3c2)N2CCNCC2)cc1. The number of aromatic nitrogens is 1. The van der Waals surface area contributed by atoms with E-state index in [0.717, 1.165) is 31.7 Å². The monoisotopic (exact) mass is 317 g/mol. The Morgan fingerprint density at radius 3 is 2.50 bits per heavy atom. The summed E-state index contributed by atoms with van der Waals surface area (Å²) in [6.45, 7) is 6.35. The predicted molar refractivity (Wildman–Crippen MR) is 99.2 cm³/mol. The van der Waals surface area contributed by atoms with Crippen LogP contribution in [0.3, 0.4) is 0 Å². The summed E-state index contributed by atoms with van der Waals surface area (Å²) in [5.41, 5.74) is 4.98. The summed E-state index contributed by atoms with van der Waals surface area (Å²) < 4.78 is 0. The molecule has 122 valence electrons. The van der Waals surface area contributed by atoms with Crippen molar-refractivity contribution in [2.45, 2.75) is 13.0 Å². The Morgan fingerprint density at radius 1 is 0.958 bits per heavy atom. The number of pyridine rings is 1. The molecule has 0 spiro atoms. The summed E-state index contributed by atoms with van der Waals surface area (Å²) in [6.07, 6.45) is 2.05. The van der Waals surface area contributed by atoms with Gasteiger partial charge in [-0.1, -0.05) is 48.0 Å². The lowest BCUT2D eigenvalue weighted by molar-refractivity contribution is 0.198. The molecule has 1 aliphatic rings. The third-order valence-electron chi connectivity index (χ3n) is 4.84. The standard InChI is InChI=1S/C21H23N3/c1-16-6-8-17(9-7-16)21(24-12-10-22-11-13-24)19-14-18-4-2-3-5-20(18)23-15-19/h2-9,14-15,21-22H,10-13H2,1H3. The number of piperazine rings is 1. The van der Waals surface area contributed by atoms with E-state index in [9.17, 15) is 0 Å². The summed E-state index contributed by atoms with van der Waals surface area (Å²) in [5, 5.41) is 4.66. The highest BCUT2D eigenvalue weighted by Crippen LogP contribution is 2.30. The lowest BCUT2D eigenvalue weighted by atomic mass is 9.96. The topological polar surface area (TPSA) is 28.2 Å². The van der Waals surface area contributed by atoms with Crippen molar-refractivity contribution in [1.29, 1.82) is 0 Å². The molecular weight excluding hydrogens is 294 g/mol. The number of rotatable bonds is 3. The zero-order valence-corrected chi connectivity index (χ0v) is 14.1. The first kappa shape index (κ1) is 15.3. The molecule has 1 aromatic heterocycles. The highest BCUT2D eigenvalue weighted by molar-refractivity contribution is 5.79. The van der Waals surface area contributed by atoms with Crippen LogP contribution in [-0.2, 0) is 0 Å². The third-order valence-corrected chi connectivity index (χ3v) is 4.84. The van der Waals surface area contributed by atoms with Crippen LogP contribution in [0.5, 0.6) is 0 Å². The van der Waals surface area contributed by atoms with Gasteiger partial charge in [0, 0.05) is 37.8 Å². The smallest absolute Gasteiger partial charge is 0.0702 e. The van der Waals surface area contributed by atoms with E-state index in [1.807, 2.05) is 6.07 Å².